The Hall–Kier alpha value is -1.44. The van der Waals surface area contributed by atoms with Crippen molar-refractivity contribution in [2.24, 2.45) is 5.92 Å². The number of hydrogen-bond acceptors (Lipinski definition) is 2. The zero-order chi connectivity index (χ0) is 19.5. The van der Waals surface area contributed by atoms with Gasteiger partial charge in [0.05, 0.1) is 6.42 Å². The number of carbonyl (C=O) groups excluding carboxylic acids is 2. The summed E-state index contributed by atoms with van der Waals surface area (Å²) in [6.45, 7) is 3.75. The van der Waals surface area contributed by atoms with E-state index < -0.39 is 0 Å². The summed E-state index contributed by atoms with van der Waals surface area (Å²) in [4.78, 5) is 23.1. The van der Waals surface area contributed by atoms with Gasteiger partial charge in [0, 0.05) is 5.56 Å². The first kappa shape index (κ1) is 21.9. The summed E-state index contributed by atoms with van der Waals surface area (Å²) < 4.78 is 0. The number of unbranched alkanes of at least 4 members (excludes halogenated alkanes) is 6. The summed E-state index contributed by atoms with van der Waals surface area (Å²) in [5.74, 6) is 1.44. The minimum Gasteiger partial charge on any atom is -0.300 e. The van der Waals surface area contributed by atoms with Gasteiger partial charge in [-0.3, -0.25) is 9.59 Å². The molecule has 2 rings (SSSR count). The Bertz CT molecular complexity index is 564. The molecule has 0 saturated heterocycles. The molecule has 0 N–H and O–H groups in total. The molecule has 2 nitrogen and oxygen atoms in total. The van der Waals surface area contributed by atoms with E-state index in [1.165, 1.54) is 89.5 Å². The maximum atomic E-state index is 12.0. The summed E-state index contributed by atoms with van der Waals surface area (Å²) in [5, 5.41) is 0. The van der Waals surface area contributed by atoms with Crippen molar-refractivity contribution in [3.8, 4) is 0 Å². The molecule has 0 aliphatic heterocycles. The fraction of sp³-hybridized carbons (Fsp3) is 0.680. The first-order chi connectivity index (χ1) is 13.1. The van der Waals surface area contributed by atoms with E-state index in [4.69, 9.17) is 0 Å². The smallest absolute Gasteiger partial charge is 0.170 e. The molecule has 1 fully saturated rings. The minimum atomic E-state index is -0.0663. The van der Waals surface area contributed by atoms with Crippen molar-refractivity contribution in [2.75, 3.05) is 0 Å². The van der Waals surface area contributed by atoms with Crippen LogP contribution in [-0.2, 0) is 4.79 Å². The lowest BCUT2D eigenvalue weighted by atomic mass is 9.77. The second kappa shape index (κ2) is 12.1. The summed E-state index contributed by atoms with van der Waals surface area (Å²) in [5.41, 5.74) is 2.03. The maximum Gasteiger partial charge on any atom is 0.170 e. The zero-order valence-corrected chi connectivity index (χ0v) is 17.5. The Balaban J connectivity index is 1.66. The van der Waals surface area contributed by atoms with Gasteiger partial charge >= 0.3 is 0 Å². The molecule has 1 saturated carbocycles. The van der Waals surface area contributed by atoms with Crippen molar-refractivity contribution in [1.29, 1.82) is 0 Å². The van der Waals surface area contributed by atoms with E-state index in [1.54, 1.807) is 0 Å². The van der Waals surface area contributed by atoms with Crippen molar-refractivity contribution in [3.05, 3.63) is 35.4 Å². The third-order valence-electron chi connectivity index (χ3n) is 6.18. The number of benzene rings is 1. The van der Waals surface area contributed by atoms with E-state index in [2.05, 4.69) is 19.1 Å². The van der Waals surface area contributed by atoms with Crippen molar-refractivity contribution in [1.82, 2.24) is 0 Å². The molecule has 0 spiro atoms. The Morgan fingerprint density at radius 2 is 1.44 bits per heavy atom. The molecule has 1 aliphatic carbocycles. The van der Waals surface area contributed by atoms with E-state index in [1.807, 2.05) is 12.1 Å². The quantitative estimate of drug-likeness (QED) is 0.220. The van der Waals surface area contributed by atoms with Crippen LogP contribution in [0.3, 0.4) is 0 Å². The van der Waals surface area contributed by atoms with Crippen LogP contribution in [0.2, 0.25) is 0 Å². The fourth-order valence-corrected chi connectivity index (χ4v) is 4.44. The third-order valence-corrected chi connectivity index (χ3v) is 6.18. The van der Waals surface area contributed by atoms with Gasteiger partial charge in [0.1, 0.15) is 5.78 Å². The molecule has 1 aromatic carbocycles. The van der Waals surface area contributed by atoms with Crippen molar-refractivity contribution in [3.63, 3.8) is 0 Å². The van der Waals surface area contributed by atoms with Gasteiger partial charge in [0.25, 0.3) is 0 Å². The van der Waals surface area contributed by atoms with Gasteiger partial charge in [-0.05, 0) is 50.0 Å². The predicted molar refractivity (Wildman–Crippen MR) is 113 cm³/mol. The molecule has 2 heteroatoms. The van der Waals surface area contributed by atoms with Crippen LogP contribution in [0.1, 0.15) is 119 Å². The molecular formula is C25H38O2. The van der Waals surface area contributed by atoms with Gasteiger partial charge in [-0.15, -0.1) is 0 Å². The molecule has 0 bridgehead atoms. The second-order valence-corrected chi connectivity index (χ2v) is 8.55. The van der Waals surface area contributed by atoms with Crippen molar-refractivity contribution in [2.45, 2.75) is 103 Å². The minimum absolute atomic E-state index is 0.0169. The Morgan fingerprint density at radius 1 is 0.852 bits per heavy atom. The first-order valence-corrected chi connectivity index (χ1v) is 11.2. The van der Waals surface area contributed by atoms with Gasteiger partial charge in [0.15, 0.2) is 5.78 Å². The van der Waals surface area contributed by atoms with Gasteiger partial charge in [-0.1, -0.05) is 82.6 Å². The third kappa shape index (κ3) is 7.99. The largest absolute Gasteiger partial charge is 0.300 e. The molecule has 27 heavy (non-hydrogen) atoms. The van der Waals surface area contributed by atoms with Crippen LogP contribution in [0.4, 0.5) is 0 Å². The highest BCUT2D eigenvalue weighted by atomic mass is 16.1. The number of rotatable bonds is 12. The van der Waals surface area contributed by atoms with E-state index in [0.717, 1.165) is 5.92 Å². The lowest BCUT2D eigenvalue weighted by Crippen LogP contribution is -2.13. The van der Waals surface area contributed by atoms with E-state index >= 15 is 0 Å². The number of Topliss-reactive ketones (excluding diaryl/α,β-unsaturated/α-hetero) is 2. The van der Waals surface area contributed by atoms with Gasteiger partial charge in [0.2, 0.25) is 0 Å². The standard InChI is InChI=1S/C25H38O2/c1-3-4-5-6-7-8-9-10-21-11-13-22(14-12-21)23-15-17-24(18-16-23)25(27)19-20(2)26/h15-18,21-22H,3-14,19H2,1-2H3. The molecule has 0 amide bonds. The SMILES string of the molecule is CCCCCCCCCC1CCC(c2ccc(C(=O)CC(C)=O)cc2)CC1. The molecule has 1 aliphatic rings. The van der Waals surface area contributed by atoms with Gasteiger partial charge in [-0.25, -0.2) is 0 Å². The highest BCUT2D eigenvalue weighted by molar-refractivity contribution is 6.07. The molecule has 0 atom stereocenters. The van der Waals surface area contributed by atoms with Crippen LogP contribution in [0.25, 0.3) is 0 Å². The van der Waals surface area contributed by atoms with Crippen LogP contribution in [0.15, 0.2) is 24.3 Å². The molecule has 0 aromatic heterocycles. The van der Waals surface area contributed by atoms with Crippen LogP contribution < -0.4 is 0 Å². The Morgan fingerprint density at radius 3 is 2.04 bits per heavy atom. The van der Waals surface area contributed by atoms with E-state index in [9.17, 15) is 9.59 Å². The lowest BCUT2D eigenvalue weighted by molar-refractivity contribution is -0.116. The predicted octanol–water partition coefficient (Wildman–Crippen LogP) is 7.26. The Kier molecular flexibility index (Phi) is 9.80. The average Bonchev–Trinajstić information content (AvgIpc) is 2.67. The van der Waals surface area contributed by atoms with Crippen LogP contribution in [0.5, 0.6) is 0 Å². The Labute approximate surface area is 166 Å². The highest BCUT2D eigenvalue weighted by Crippen LogP contribution is 2.37. The summed E-state index contributed by atoms with van der Waals surface area (Å²) >= 11 is 0. The molecular weight excluding hydrogens is 332 g/mol. The average molecular weight is 371 g/mol. The molecule has 1 aromatic rings. The topological polar surface area (TPSA) is 34.1 Å². The number of ketones is 2. The van der Waals surface area contributed by atoms with Crippen LogP contribution in [0, 0.1) is 5.92 Å². The van der Waals surface area contributed by atoms with Crippen molar-refractivity contribution >= 4 is 11.6 Å². The second-order valence-electron chi connectivity index (χ2n) is 8.55. The normalized spacial score (nSPS) is 19.8. The van der Waals surface area contributed by atoms with Crippen LogP contribution in [-0.4, -0.2) is 11.6 Å². The summed E-state index contributed by atoms with van der Waals surface area (Å²) in [6.07, 6.45) is 16.5. The molecule has 0 heterocycles. The number of hydrogen-bond donors (Lipinski definition) is 0. The fourth-order valence-electron chi connectivity index (χ4n) is 4.44. The van der Waals surface area contributed by atoms with Crippen LogP contribution >= 0.6 is 0 Å². The van der Waals surface area contributed by atoms with E-state index in [-0.39, 0.29) is 18.0 Å². The van der Waals surface area contributed by atoms with Crippen molar-refractivity contribution < 1.29 is 9.59 Å². The molecule has 0 radical (unpaired) electrons. The molecule has 0 unspecified atom stereocenters. The molecule has 150 valence electrons. The first-order valence-electron chi connectivity index (χ1n) is 11.2. The monoisotopic (exact) mass is 370 g/mol. The maximum absolute atomic E-state index is 12.0. The van der Waals surface area contributed by atoms with E-state index in [0.29, 0.717) is 11.5 Å². The summed E-state index contributed by atoms with van der Waals surface area (Å²) in [6, 6.07) is 8.03. The van der Waals surface area contributed by atoms with Gasteiger partial charge < -0.3 is 0 Å². The number of carbonyl (C=O) groups is 2. The van der Waals surface area contributed by atoms with Gasteiger partial charge in [-0.2, -0.15) is 0 Å². The zero-order valence-electron chi connectivity index (χ0n) is 17.5. The lowest BCUT2D eigenvalue weighted by Gasteiger charge is -2.29. The summed E-state index contributed by atoms with van der Waals surface area (Å²) in [7, 11) is 0. The highest BCUT2D eigenvalue weighted by Gasteiger charge is 2.22.